The molecule has 0 aliphatic carbocycles. The van der Waals surface area contributed by atoms with Crippen molar-refractivity contribution < 1.29 is 17.6 Å². The molecular formula is C19H17F3N6O. The van der Waals surface area contributed by atoms with Crippen molar-refractivity contribution in [2.24, 2.45) is 0 Å². The average Bonchev–Trinajstić information content (AvgIpc) is 3.38. The van der Waals surface area contributed by atoms with Crippen molar-refractivity contribution >= 4 is 0 Å². The van der Waals surface area contributed by atoms with Crippen LogP contribution in [0.2, 0.25) is 0 Å². The number of nitriles is 1. The van der Waals surface area contributed by atoms with Crippen molar-refractivity contribution in [3.8, 4) is 17.5 Å². The number of likely N-dealkylation sites (tertiary alicyclic amines) is 1. The third-order valence-electron chi connectivity index (χ3n) is 4.88. The summed E-state index contributed by atoms with van der Waals surface area (Å²) in [5, 5.41) is 17.0. The van der Waals surface area contributed by atoms with Crippen LogP contribution >= 0.6 is 0 Å². The molecule has 1 N–H and O–H groups in total. The maximum Gasteiger partial charge on any atom is 0.432 e. The maximum atomic E-state index is 12.8. The molecule has 0 spiro atoms. The lowest BCUT2D eigenvalue weighted by atomic mass is 9.97. The molecule has 1 saturated heterocycles. The molecule has 0 bridgehead atoms. The Labute approximate surface area is 164 Å². The fraction of sp³-hybridized carbons (Fsp3) is 0.368. The van der Waals surface area contributed by atoms with Gasteiger partial charge in [0.05, 0.1) is 24.4 Å². The summed E-state index contributed by atoms with van der Waals surface area (Å²) in [6.45, 7) is 1.75. The summed E-state index contributed by atoms with van der Waals surface area (Å²) < 4.78 is 44.1. The second-order valence-corrected chi connectivity index (χ2v) is 6.94. The quantitative estimate of drug-likeness (QED) is 0.715. The second kappa shape index (κ2) is 7.67. The van der Waals surface area contributed by atoms with Crippen LogP contribution in [-0.2, 0) is 12.7 Å². The lowest BCUT2D eigenvalue weighted by molar-refractivity contribution is -0.141. The number of piperidine rings is 1. The Morgan fingerprint density at radius 2 is 2.03 bits per heavy atom. The normalized spacial score (nSPS) is 17.9. The lowest BCUT2D eigenvalue weighted by Gasteiger charge is -2.30. The topological polar surface area (TPSA) is 94.6 Å². The summed E-state index contributed by atoms with van der Waals surface area (Å²) >= 11 is 0. The predicted molar refractivity (Wildman–Crippen MR) is 95.3 cm³/mol. The molecule has 7 nitrogen and oxygen atoms in total. The van der Waals surface area contributed by atoms with E-state index < -0.39 is 11.9 Å². The summed E-state index contributed by atoms with van der Waals surface area (Å²) in [6.07, 6.45) is -1.98. The van der Waals surface area contributed by atoms with Gasteiger partial charge in [0.15, 0.2) is 0 Å². The first-order valence-corrected chi connectivity index (χ1v) is 9.10. The highest BCUT2D eigenvalue weighted by molar-refractivity contribution is 5.54. The number of imidazole rings is 1. The van der Waals surface area contributed by atoms with Gasteiger partial charge >= 0.3 is 6.18 Å². The highest BCUT2D eigenvalue weighted by Gasteiger charge is 2.34. The molecule has 0 unspecified atom stereocenters. The molecule has 0 saturated carbocycles. The summed E-state index contributed by atoms with van der Waals surface area (Å²) in [4.78, 5) is 8.40. The molecule has 3 aromatic rings. The molecule has 0 amide bonds. The van der Waals surface area contributed by atoms with E-state index in [1.807, 2.05) is 6.07 Å². The van der Waals surface area contributed by atoms with Crippen molar-refractivity contribution in [2.75, 3.05) is 13.1 Å². The van der Waals surface area contributed by atoms with E-state index in [2.05, 4.69) is 25.1 Å². The Morgan fingerprint density at radius 1 is 1.24 bits per heavy atom. The molecule has 3 heterocycles. The Bertz CT molecular complexity index is 1020. The Kier molecular flexibility index (Phi) is 5.07. The van der Waals surface area contributed by atoms with Crippen LogP contribution in [0, 0.1) is 11.3 Å². The van der Waals surface area contributed by atoms with Crippen LogP contribution < -0.4 is 0 Å². The van der Waals surface area contributed by atoms with Crippen LogP contribution in [0.1, 0.15) is 41.7 Å². The maximum absolute atomic E-state index is 12.8. The third-order valence-corrected chi connectivity index (χ3v) is 4.88. The molecule has 4 rings (SSSR count). The van der Waals surface area contributed by atoms with E-state index >= 15 is 0 Å². The number of nitrogens with one attached hydrogen (secondary N) is 1. The molecule has 1 atom stereocenters. The zero-order chi connectivity index (χ0) is 20.4. The lowest BCUT2D eigenvalue weighted by Crippen LogP contribution is -2.34. The van der Waals surface area contributed by atoms with Gasteiger partial charge in [0.1, 0.15) is 11.5 Å². The van der Waals surface area contributed by atoms with Crippen LogP contribution in [0.25, 0.3) is 11.5 Å². The molecule has 29 heavy (non-hydrogen) atoms. The molecule has 1 fully saturated rings. The van der Waals surface area contributed by atoms with Gasteiger partial charge in [-0.1, -0.05) is 0 Å². The third kappa shape index (κ3) is 4.30. The summed E-state index contributed by atoms with van der Waals surface area (Å²) in [7, 11) is 0. The number of hydrogen-bond donors (Lipinski definition) is 1. The number of halogens is 3. The minimum absolute atomic E-state index is 0.110. The van der Waals surface area contributed by atoms with Gasteiger partial charge in [0, 0.05) is 18.0 Å². The van der Waals surface area contributed by atoms with Crippen LogP contribution in [0.5, 0.6) is 0 Å². The fourth-order valence-corrected chi connectivity index (χ4v) is 3.42. The number of aromatic amines is 1. The molecule has 2 aromatic heterocycles. The Morgan fingerprint density at radius 3 is 2.72 bits per heavy atom. The van der Waals surface area contributed by atoms with Crippen molar-refractivity contribution in [1.29, 1.82) is 5.26 Å². The first-order valence-electron chi connectivity index (χ1n) is 9.10. The predicted octanol–water partition coefficient (Wildman–Crippen LogP) is 3.73. The average molecular weight is 402 g/mol. The minimum atomic E-state index is -4.43. The Hall–Kier alpha value is -3.19. The number of alkyl halides is 3. The molecular weight excluding hydrogens is 385 g/mol. The van der Waals surface area contributed by atoms with Crippen LogP contribution in [-0.4, -0.2) is 38.2 Å². The molecule has 1 aromatic carbocycles. The van der Waals surface area contributed by atoms with E-state index in [1.54, 1.807) is 24.3 Å². The van der Waals surface area contributed by atoms with Crippen molar-refractivity contribution in [2.45, 2.75) is 31.5 Å². The van der Waals surface area contributed by atoms with E-state index in [1.165, 1.54) is 0 Å². The van der Waals surface area contributed by atoms with Gasteiger partial charge in [-0.3, -0.25) is 4.90 Å². The number of H-pyrrole nitrogens is 1. The van der Waals surface area contributed by atoms with Gasteiger partial charge in [-0.25, -0.2) is 4.98 Å². The number of hydrogen-bond acceptors (Lipinski definition) is 6. The summed E-state index contributed by atoms with van der Waals surface area (Å²) in [6, 6.07) is 8.87. The van der Waals surface area contributed by atoms with Gasteiger partial charge in [-0.05, 0) is 43.7 Å². The first-order chi connectivity index (χ1) is 13.9. The van der Waals surface area contributed by atoms with Crippen LogP contribution in [0.3, 0.4) is 0 Å². The highest BCUT2D eigenvalue weighted by atomic mass is 19.4. The SMILES string of the molecule is N#Cc1ccc(-c2nnc(CN3CCC[C@@H](c4ncc(C(F)(F)F)[nH]4)C3)o2)cc1. The zero-order valence-electron chi connectivity index (χ0n) is 15.3. The molecule has 10 heteroatoms. The largest absolute Gasteiger partial charge is 0.432 e. The van der Waals surface area contributed by atoms with E-state index in [9.17, 15) is 13.2 Å². The summed E-state index contributed by atoms with van der Waals surface area (Å²) in [5.74, 6) is 1.03. The van der Waals surface area contributed by atoms with Gasteiger partial charge in [0.25, 0.3) is 0 Å². The number of aromatic nitrogens is 4. The zero-order valence-corrected chi connectivity index (χ0v) is 15.3. The molecule has 1 aliphatic rings. The molecule has 0 radical (unpaired) electrons. The molecule has 1 aliphatic heterocycles. The van der Waals surface area contributed by atoms with E-state index in [0.717, 1.165) is 31.1 Å². The molecule has 150 valence electrons. The van der Waals surface area contributed by atoms with E-state index in [4.69, 9.17) is 9.68 Å². The van der Waals surface area contributed by atoms with Crippen molar-refractivity contribution in [3.63, 3.8) is 0 Å². The minimum Gasteiger partial charge on any atom is -0.419 e. The summed E-state index contributed by atoms with van der Waals surface area (Å²) in [5.41, 5.74) is 0.433. The van der Waals surface area contributed by atoms with Gasteiger partial charge in [-0.2, -0.15) is 18.4 Å². The van der Waals surface area contributed by atoms with E-state index in [0.29, 0.717) is 36.3 Å². The van der Waals surface area contributed by atoms with Gasteiger partial charge in [0.2, 0.25) is 11.8 Å². The first kappa shape index (κ1) is 19.1. The van der Waals surface area contributed by atoms with Crippen molar-refractivity contribution in [3.05, 3.63) is 53.4 Å². The van der Waals surface area contributed by atoms with Crippen molar-refractivity contribution in [1.82, 2.24) is 25.1 Å². The van der Waals surface area contributed by atoms with Gasteiger partial charge in [-0.15, -0.1) is 10.2 Å². The number of rotatable bonds is 4. The Balaban J connectivity index is 1.41. The van der Waals surface area contributed by atoms with Gasteiger partial charge < -0.3 is 9.40 Å². The number of benzene rings is 1. The fourth-order valence-electron chi connectivity index (χ4n) is 3.42. The van der Waals surface area contributed by atoms with Crippen LogP contribution in [0.15, 0.2) is 34.9 Å². The monoisotopic (exact) mass is 402 g/mol. The second-order valence-electron chi connectivity index (χ2n) is 6.94. The highest BCUT2D eigenvalue weighted by Crippen LogP contribution is 2.31. The van der Waals surface area contributed by atoms with E-state index in [-0.39, 0.29) is 5.92 Å². The standard InChI is InChI=1S/C19H17F3N6O/c20-19(21,22)15-9-24-17(25-15)14-2-1-7-28(10-14)11-16-26-27-18(29-16)13-5-3-12(8-23)4-6-13/h3-6,9,14H,1-2,7,10-11H2,(H,24,25)/t14-/m1/s1. The smallest absolute Gasteiger partial charge is 0.419 e. The number of nitrogens with zero attached hydrogens (tertiary/aromatic N) is 5. The van der Waals surface area contributed by atoms with Crippen LogP contribution in [0.4, 0.5) is 13.2 Å².